The number of methoxy groups -OCH3 is 1. The summed E-state index contributed by atoms with van der Waals surface area (Å²) in [6.07, 6.45) is 4.58. The lowest BCUT2D eigenvalue weighted by Crippen LogP contribution is -1.97. The number of benzene rings is 1. The summed E-state index contributed by atoms with van der Waals surface area (Å²) >= 11 is 0. The molecular weight excluding hydrogens is 238 g/mol. The summed E-state index contributed by atoms with van der Waals surface area (Å²) in [6.45, 7) is 0. The lowest BCUT2D eigenvalue weighted by Gasteiger charge is -2.04. The van der Waals surface area contributed by atoms with Gasteiger partial charge in [-0.1, -0.05) is 12.1 Å². The number of pyridine rings is 1. The molecule has 0 fully saturated rings. The Hall–Kier alpha value is -2.49. The van der Waals surface area contributed by atoms with Crippen LogP contribution in [0.5, 0.6) is 5.75 Å². The fourth-order valence-corrected chi connectivity index (χ4v) is 2.13. The topological polar surface area (TPSA) is 52.5 Å². The highest BCUT2D eigenvalue weighted by Crippen LogP contribution is 2.16. The normalized spacial score (nSPS) is 10.8. The van der Waals surface area contributed by atoms with E-state index in [0.717, 1.165) is 29.2 Å². The van der Waals surface area contributed by atoms with E-state index in [2.05, 4.69) is 21.5 Å². The van der Waals surface area contributed by atoms with Crippen LogP contribution in [-0.4, -0.2) is 16.5 Å². The maximum atomic E-state index is 5.76. The Morgan fingerprint density at radius 2 is 2.00 bits per heavy atom. The van der Waals surface area contributed by atoms with E-state index >= 15 is 0 Å². The van der Waals surface area contributed by atoms with Gasteiger partial charge in [0.25, 0.3) is 0 Å². The van der Waals surface area contributed by atoms with Crippen molar-refractivity contribution in [2.75, 3.05) is 12.8 Å². The summed E-state index contributed by atoms with van der Waals surface area (Å²) in [5.41, 5.74) is 8.73. The monoisotopic (exact) mass is 253 g/mol. The summed E-state index contributed by atoms with van der Waals surface area (Å²) in [5, 5.41) is 0. The van der Waals surface area contributed by atoms with Crippen LogP contribution >= 0.6 is 0 Å². The molecule has 3 rings (SSSR count). The first-order valence-electron chi connectivity index (χ1n) is 6.10. The molecule has 3 aromatic rings. The first-order valence-corrected chi connectivity index (χ1v) is 6.10. The third-order valence-electron chi connectivity index (χ3n) is 3.15. The molecule has 1 aromatic carbocycles. The van der Waals surface area contributed by atoms with Crippen molar-refractivity contribution in [2.45, 2.75) is 6.42 Å². The predicted molar refractivity (Wildman–Crippen MR) is 75.4 cm³/mol. The Kier molecular flexibility index (Phi) is 2.83. The summed E-state index contributed by atoms with van der Waals surface area (Å²) in [7, 11) is 1.67. The zero-order valence-corrected chi connectivity index (χ0v) is 10.7. The number of nitrogen functional groups attached to an aromatic ring is 1. The fourth-order valence-electron chi connectivity index (χ4n) is 2.13. The van der Waals surface area contributed by atoms with Crippen LogP contribution in [0.3, 0.4) is 0 Å². The van der Waals surface area contributed by atoms with Crippen molar-refractivity contribution < 1.29 is 4.74 Å². The van der Waals surface area contributed by atoms with Gasteiger partial charge in [-0.3, -0.25) is 0 Å². The van der Waals surface area contributed by atoms with Crippen LogP contribution in [0.15, 0.2) is 48.8 Å². The minimum atomic E-state index is 0.753. The van der Waals surface area contributed by atoms with Gasteiger partial charge in [0.2, 0.25) is 0 Å². The molecule has 0 unspecified atom stereocenters. The Balaban J connectivity index is 1.92. The van der Waals surface area contributed by atoms with E-state index in [-0.39, 0.29) is 0 Å². The van der Waals surface area contributed by atoms with Crippen LogP contribution < -0.4 is 10.5 Å². The second-order valence-electron chi connectivity index (χ2n) is 4.45. The molecule has 2 heterocycles. The molecule has 2 aromatic heterocycles. The second kappa shape index (κ2) is 4.65. The van der Waals surface area contributed by atoms with E-state index in [1.165, 1.54) is 5.56 Å². The molecular formula is C15H15N3O. The number of hydrogen-bond acceptors (Lipinski definition) is 3. The van der Waals surface area contributed by atoms with Gasteiger partial charge in [-0.05, 0) is 29.8 Å². The lowest BCUT2D eigenvalue weighted by molar-refractivity contribution is 0.414. The molecule has 4 heteroatoms. The first-order chi connectivity index (χ1) is 9.26. The predicted octanol–water partition coefficient (Wildman–Crippen LogP) is 2.52. The third kappa shape index (κ3) is 2.25. The lowest BCUT2D eigenvalue weighted by atomic mass is 10.1. The molecule has 96 valence electrons. The summed E-state index contributed by atoms with van der Waals surface area (Å²) in [5.74, 6) is 1.87. The zero-order chi connectivity index (χ0) is 13.2. The van der Waals surface area contributed by atoms with E-state index in [1.54, 1.807) is 7.11 Å². The van der Waals surface area contributed by atoms with Crippen LogP contribution in [0.2, 0.25) is 0 Å². The molecule has 0 aliphatic carbocycles. The average molecular weight is 253 g/mol. The van der Waals surface area contributed by atoms with Gasteiger partial charge in [-0.15, -0.1) is 0 Å². The maximum Gasteiger partial charge on any atom is 0.118 e. The van der Waals surface area contributed by atoms with Gasteiger partial charge in [0, 0.05) is 18.3 Å². The highest BCUT2D eigenvalue weighted by Gasteiger charge is 2.05. The van der Waals surface area contributed by atoms with Gasteiger partial charge in [-0.2, -0.15) is 0 Å². The molecule has 0 aliphatic heterocycles. The summed E-state index contributed by atoms with van der Waals surface area (Å²) in [6, 6.07) is 11.8. The van der Waals surface area contributed by atoms with Crippen LogP contribution in [0.25, 0.3) is 5.52 Å². The number of nitrogens with zero attached hydrogens (tertiary/aromatic N) is 2. The van der Waals surface area contributed by atoms with Gasteiger partial charge >= 0.3 is 0 Å². The Bertz CT molecular complexity index is 701. The number of hydrogen-bond donors (Lipinski definition) is 1. The van der Waals surface area contributed by atoms with E-state index in [1.807, 2.05) is 36.7 Å². The van der Waals surface area contributed by atoms with E-state index in [0.29, 0.717) is 0 Å². The van der Waals surface area contributed by atoms with Crippen LogP contribution in [-0.2, 0) is 6.42 Å². The fraction of sp³-hybridized carbons (Fsp3) is 0.133. The first kappa shape index (κ1) is 11.6. The summed E-state index contributed by atoms with van der Waals surface area (Å²) in [4.78, 5) is 4.45. The smallest absolute Gasteiger partial charge is 0.118 e. The number of ether oxygens (including phenoxy) is 1. The van der Waals surface area contributed by atoms with Gasteiger partial charge in [0.1, 0.15) is 11.6 Å². The van der Waals surface area contributed by atoms with Crippen molar-refractivity contribution in [2.24, 2.45) is 0 Å². The number of nitrogens with two attached hydrogens (primary N) is 1. The number of imidazole rings is 1. The van der Waals surface area contributed by atoms with Crippen LogP contribution in [0.4, 0.5) is 5.69 Å². The largest absolute Gasteiger partial charge is 0.497 e. The minimum Gasteiger partial charge on any atom is -0.497 e. The number of aromatic nitrogens is 2. The zero-order valence-electron chi connectivity index (χ0n) is 10.7. The van der Waals surface area contributed by atoms with Crippen molar-refractivity contribution in [3.8, 4) is 5.75 Å². The second-order valence-corrected chi connectivity index (χ2v) is 4.45. The average Bonchev–Trinajstić information content (AvgIpc) is 2.82. The van der Waals surface area contributed by atoms with Crippen molar-refractivity contribution in [1.82, 2.24) is 9.38 Å². The summed E-state index contributed by atoms with van der Waals surface area (Å²) < 4.78 is 7.21. The molecule has 0 spiro atoms. The molecule has 0 atom stereocenters. The molecule has 4 nitrogen and oxygen atoms in total. The molecule has 19 heavy (non-hydrogen) atoms. The maximum absolute atomic E-state index is 5.76. The highest BCUT2D eigenvalue weighted by molar-refractivity contribution is 5.56. The van der Waals surface area contributed by atoms with Gasteiger partial charge in [0.15, 0.2) is 0 Å². The van der Waals surface area contributed by atoms with Gasteiger partial charge in [-0.25, -0.2) is 4.98 Å². The van der Waals surface area contributed by atoms with E-state index < -0.39 is 0 Å². The number of anilines is 1. The van der Waals surface area contributed by atoms with Crippen molar-refractivity contribution >= 4 is 11.2 Å². The van der Waals surface area contributed by atoms with Crippen LogP contribution in [0.1, 0.15) is 11.4 Å². The van der Waals surface area contributed by atoms with Gasteiger partial charge < -0.3 is 14.9 Å². The highest BCUT2D eigenvalue weighted by atomic mass is 16.5. The molecule has 0 bridgehead atoms. The SMILES string of the molecule is COc1ccc(Cc2ncc3cc(N)ccn23)cc1. The molecule has 0 saturated heterocycles. The Morgan fingerprint density at radius 1 is 1.21 bits per heavy atom. The van der Waals surface area contributed by atoms with Crippen molar-refractivity contribution in [3.63, 3.8) is 0 Å². The minimum absolute atomic E-state index is 0.753. The third-order valence-corrected chi connectivity index (χ3v) is 3.15. The van der Waals surface area contributed by atoms with Gasteiger partial charge in [0.05, 0.1) is 18.8 Å². The standard InChI is InChI=1S/C15H15N3O/c1-19-14-4-2-11(3-5-14)8-15-17-10-13-9-12(16)6-7-18(13)15/h2-7,9-10H,8,16H2,1H3. The molecule has 0 aliphatic rings. The Labute approximate surface area is 111 Å². The molecule has 0 amide bonds. The Morgan fingerprint density at radius 3 is 2.74 bits per heavy atom. The van der Waals surface area contributed by atoms with Crippen LogP contribution in [0, 0.1) is 0 Å². The molecule has 0 radical (unpaired) electrons. The van der Waals surface area contributed by atoms with Crippen molar-refractivity contribution in [1.29, 1.82) is 0 Å². The van der Waals surface area contributed by atoms with E-state index in [9.17, 15) is 0 Å². The number of rotatable bonds is 3. The molecule has 2 N–H and O–H groups in total. The quantitative estimate of drug-likeness (QED) is 0.780. The van der Waals surface area contributed by atoms with Crippen molar-refractivity contribution in [3.05, 3.63) is 60.2 Å². The number of fused-ring (bicyclic) bond motifs is 1. The van der Waals surface area contributed by atoms with E-state index in [4.69, 9.17) is 10.5 Å². The molecule has 0 saturated carbocycles.